The van der Waals surface area contributed by atoms with Crippen LogP contribution in [0.1, 0.15) is 40.0 Å². The molecule has 2 nitrogen and oxygen atoms in total. The Bertz CT molecular complexity index is 368. The second-order valence-corrected chi connectivity index (χ2v) is 11.2. The maximum atomic E-state index is 8.96. The summed E-state index contributed by atoms with van der Waals surface area (Å²) >= 11 is 0. The van der Waals surface area contributed by atoms with Crippen molar-refractivity contribution in [1.82, 2.24) is 0 Å². The van der Waals surface area contributed by atoms with Gasteiger partial charge in [-0.05, 0) is 24.6 Å². The van der Waals surface area contributed by atoms with E-state index in [-0.39, 0.29) is 17.1 Å². The van der Waals surface area contributed by atoms with Gasteiger partial charge in [0.1, 0.15) is 0 Å². The fourth-order valence-corrected chi connectivity index (χ4v) is 3.06. The maximum Gasteiger partial charge on any atom is 0.192 e. The molecular formula is C16H27NOSi. The Balaban J connectivity index is 5.05. The molecule has 19 heavy (non-hydrogen) atoms. The average Bonchev–Trinajstić information content (AvgIpc) is 2.26. The van der Waals surface area contributed by atoms with E-state index in [0.717, 1.165) is 6.42 Å². The van der Waals surface area contributed by atoms with E-state index in [1.807, 2.05) is 6.08 Å². The molecule has 0 aliphatic heterocycles. The van der Waals surface area contributed by atoms with Crippen molar-refractivity contribution in [2.24, 2.45) is 5.92 Å². The summed E-state index contributed by atoms with van der Waals surface area (Å²) in [5, 5.41) is 9.10. The van der Waals surface area contributed by atoms with E-state index in [1.54, 1.807) is 0 Å². The van der Waals surface area contributed by atoms with Crippen molar-refractivity contribution in [3.05, 3.63) is 12.7 Å². The van der Waals surface area contributed by atoms with Gasteiger partial charge in [0.25, 0.3) is 0 Å². The van der Waals surface area contributed by atoms with Crippen LogP contribution in [0.2, 0.25) is 18.1 Å². The summed E-state index contributed by atoms with van der Waals surface area (Å²) in [5.74, 6) is 2.84. The van der Waals surface area contributed by atoms with Crippen LogP contribution >= 0.6 is 0 Å². The van der Waals surface area contributed by atoms with Gasteiger partial charge in [-0.2, -0.15) is 5.26 Å². The molecule has 2 atom stereocenters. The minimum atomic E-state index is -1.87. The molecule has 0 spiro atoms. The van der Waals surface area contributed by atoms with E-state index in [1.165, 1.54) is 0 Å². The highest BCUT2D eigenvalue weighted by Gasteiger charge is 2.40. The second kappa shape index (κ2) is 7.53. The quantitative estimate of drug-likeness (QED) is 0.390. The van der Waals surface area contributed by atoms with Crippen molar-refractivity contribution in [1.29, 1.82) is 5.26 Å². The molecule has 0 amide bonds. The van der Waals surface area contributed by atoms with Gasteiger partial charge in [-0.25, -0.2) is 0 Å². The van der Waals surface area contributed by atoms with Crippen molar-refractivity contribution < 1.29 is 4.43 Å². The van der Waals surface area contributed by atoms with Crippen LogP contribution in [0.4, 0.5) is 0 Å². The minimum absolute atomic E-state index is 0.0384. The number of hydrogen-bond acceptors (Lipinski definition) is 2. The van der Waals surface area contributed by atoms with Crippen LogP contribution in [-0.2, 0) is 4.43 Å². The third-order valence-electron chi connectivity index (χ3n) is 3.92. The number of nitrogens with zero attached hydrogens (tertiary/aromatic N) is 1. The van der Waals surface area contributed by atoms with Gasteiger partial charge in [-0.3, -0.25) is 0 Å². The van der Waals surface area contributed by atoms with Gasteiger partial charge in [0.05, 0.1) is 12.2 Å². The molecule has 0 rings (SSSR count). The summed E-state index contributed by atoms with van der Waals surface area (Å²) in [6, 6.07) is 2.24. The largest absolute Gasteiger partial charge is 0.413 e. The van der Waals surface area contributed by atoms with Gasteiger partial charge in [-0.15, -0.1) is 18.9 Å². The summed E-state index contributed by atoms with van der Waals surface area (Å²) in [4.78, 5) is 0. The molecule has 0 aliphatic carbocycles. The standard InChI is InChI=1S/C16H27NOSi/c1-8-10-14(12-13-17)15(11-9-2)18-19(6,7)16(3,4)5/h2,8,14-15H,1,10-12H2,3-7H3/t14-,15+/m0/s1. The number of allylic oxidation sites excluding steroid dienone is 1. The first-order valence-corrected chi connectivity index (χ1v) is 9.69. The maximum absolute atomic E-state index is 8.96. The van der Waals surface area contributed by atoms with Crippen LogP contribution < -0.4 is 0 Å². The fraction of sp³-hybridized carbons (Fsp3) is 0.688. The van der Waals surface area contributed by atoms with Crippen LogP contribution in [0.3, 0.4) is 0 Å². The lowest BCUT2D eigenvalue weighted by Crippen LogP contribution is -2.45. The van der Waals surface area contributed by atoms with Gasteiger partial charge in [0.15, 0.2) is 8.32 Å². The number of rotatable bonds is 7. The molecule has 0 aromatic rings. The van der Waals surface area contributed by atoms with E-state index in [4.69, 9.17) is 16.1 Å². The van der Waals surface area contributed by atoms with Crippen LogP contribution in [-0.4, -0.2) is 14.4 Å². The zero-order valence-electron chi connectivity index (χ0n) is 13.0. The number of terminal acetylenes is 1. The predicted octanol–water partition coefficient (Wildman–Crippen LogP) is 4.51. The second-order valence-electron chi connectivity index (χ2n) is 6.47. The topological polar surface area (TPSA) is 33.0 Å². The lowest BCUT2D eigenvalue weighted by Gasteiger charge is -2.40. The Morgan fingerprint density at radius 2 is 1.95 bits per heavy atom. The van der Waals surface area contributed by atoms with Crippen LogP contribution in [0.25, 0.3) is 0 Å². The number of nitriles is 1. The Morgan fingerprint density at radius 3 is 2.32 bits per heavy atom. The van der Waals surface area contributed by atoms with Gasteiger partial charge >= 0.3 is 0 Å². The third-order valence-corrected chi connectivity index (χ3v) is 8.42. The molecule has 0 bridgehead atoms. The Labute approximate surface area is 120 Å². The Kier molecular flexibility index (Phi) is 7.12. The lowest BCUT2D eigenvalue weighted by molar-refractivity contribution is 0.124. The van der Waals surface area contributed by atoms with Crippen molar-refractivity contribution in [3.63, 3.8) is 0 Å². The molecule has 0 N–H and O–H groups in total. The normalized spacial score (nSPS) is 15.1. The average molecular weight is 277 g/mol. The van der Waals surface area contributed by atoms with Gasteiger partial charge in [0, 0.05) is 18.8 Å². The summed E-state index contributed by atoms with van der Waals surface area (Å²) < 4.78 is 6.41. The molecule has 0 fully saturated rings. The highest BCUT2D eigenvalue weighted by Crippen LogP contribution is 2.39. The Morgan fingerprint density at radius 1 is 1.37 bits per heavy atom. The molecule has 0 saturated carbocycles. The van der Waals surface area contributed by atoms with E-state index >= 15 is 0 Å². The first-order valence-electron chi connectivity index (χ1n) is 6.78. The summed E-state index contributed by atoms with van der Waals surface area (Å²) in [6.07, 6.45) is 9.07. The van der Waals surface area contributed by atoms with Crippen molar-refractivity contribution >= 4 is 8.32 Å². The molecular weight excluding hydrogens is 250 g/mol. The van der Waals surface area contributed by atoms with E-state index < -0.39 is 8.32 Å². The number of hydrogen-bond donors (Lipinski definition) is 0. The van der Waals surface area contributed by atoms with E-state index in [9.17, 15) is 0 Å². The molecule has 0 unspecified atom stereocenters. The summed E-state index contributed by atoms with van der Waals surface area (Å²) in [7, 11) is -1.87. The lowest BCUT2D eigenvalue weighted by atomic mass is 9.94. The smallest absolute Gasteiger partial charge is 0.192 e. The minimum Gasteiger partial charge on any atom is -0.413 e. The first kappa shape index (κ1) is 18.0. The van der Waals surface area contributed by atoms with E-state index in [2.05, 4.69) is 52.4 Å². The first-order chi connectivity index (χ1) is 8.69. The van der Waals surface area contributed by atoms with Crippen LogP contribution in [0.5, 0.6) is 0 Å². The SMILES string of the molecule is C#CC[C@@H](O[Si](C)(C)C(C)(C)C)[C@H](CC#N)CC=C. The van der Waals surface area contributed by atoms with Crippen LogP contribution in [0, 0.1) is 29.6 Å². The van der Waals surface area contributed by atoms with Gasteiger partial charge in [0.2, 0.25) is 0 Å². The van der Waals surface area contributed by atoms with E-state index in [0.29, 0.717) is 12.8 Å². The third kappa shape index (κ3) is 5.64. The zero-order chi connectivity index (χ0) is 15.1. The molecule has 0 aliphatic rings. The fourth-order valence-electron chi connectivity index (χ4n) is 1.67. The van der Waals surface area contributed by atoms with Crippen molar-refractivity contribution in [2.75, 3.05) is 0 Å². The molecule has 106 valence electrons. The Hall–Kier alpha value is -1.03. The highest BCUT2D eigenvalue weighted by atomic mass is 28.4. The monoisotopic (exact) mass is 277 g/mol. The zero-order valence-corrected chi connectivity index (χ0v) is 14.0. The predicted molar refractivity (Wildman–Crippen MR) is 84.1 cm³/mol. The van der Waals surface area contributed by atoms with Crippen molar-refractivity contribution in [3.8, 4) is 18.4 Å². The molecule has 0 radical (unpaired) electrons. The summed E-state index contributed by atoms with van der Waals surface area (Å²) in [5.41, 5.74) is 0. The summed E-state index contributed by atoms with van der Waals surface area (Å²) in [6.45, 7) is 14.8. The van der Waals surface area contributed by atoms with Crippen LogP contribution in [0.15, 0.2) is 12.7 Å². The molecule has 3 heteroatoms. The molecule has 0 heterocycles. The van der Waals surface area contributed by atoms with Gasteiger partial charge < -0.3 is 4.43 Å². The van der Waals surface area contributed by atoms with Crippen molar-refractivity contribution in [2.45, 2.75) is 64.3 Å². The highest BCUT2D eigenvalue weighted by molar-refractivity contribution is 6.74. The molecule has 0 saturated heterocycles. The van der Waals surface area contributed by atoms with Gasteiger partial charge in [-0.1, -0.05) is 26.8 Å². The molecule has 0 aromatic carbocycles. The molecule has 0 aromatic heterocycles.